The highest BCUT2D eigenvalue weighted by Crippen LogP contribution is 2.34. The van der Waals surface area contributed by atoms with Crippen molar-refractivity contribution >= 4 is 6.03 Å². The molecule has 0 spiro atoms. The summed E-state index contributed by atoms with van der Waals surface area (Å²) in [6.07, 6.45) is 3.25. The molecule has 126 valence electrons. The highest BCUT2D eigenvalue weighted by molar-refractivity contribution is 5.74. The summed E-state index contributed by atoms with van der Waals surface area (Å²) in [5, 5.41) is 15.6. The molecule has 1 aliphatic heterocycles. The number of hydrogen-bond acceptors (Lipinski definition) is 3. The first kappa shape index (κ1) is 16.2. The van der Waals surface area contributed by atoms with Crippen LogP contribution < -0.4 is 10.6 Å². The molecule has 2 fully saturated rings. The molecule has 5 nitrogen and oxygen atoms in total. The summed E-state index contributed by atoms with van der Waals surface area (Å²) < 4.78 is 19.3. The average Bonchev–Trinajstić information content (AvgIpc) is 3.03. The Morgan fingerprint density at radius 1 is 1.35 bits per heavy atom. The van der Waals surface area contributed by atoms with Gasteiger partial charge in [0.05, 0.1) is 12.2 Å². The molecule has 2 aliphatic rings. The van der Waals surface area contributed by atoms with Crippen molar-refractivity contribution < 1.29 is 19.0 Å². The van der Waals surface area contributed by atoms with Gasteiger partial charge in [0.1, 0.15) is 5.82 Å². The Labute approximate surface area is 135 Å². The predicted octanol–water partition coefficient (Wildman–Crippen LogP) is 2.12. The third-order valence-electron chi connectivity index (χ3n) is 4.82. The molecule has 3 N–H and O–H groups in total. The summed E-state index contributed by atoms with van der Waals surface area (Å²) in [6, 6.07) is 5.82. The molecule has 3 rings (SSSR count). The second-order valence-electron chi connectivity index (χ2n) is 6.29. The lowest BCUT2D eigenvalue weighted by Gasteiger charge is -2.33. The number of nitrogens with one attached hydrogen (secondary N) is 2. The summed E-state index contributed by atoms with van der Waals surface area (Å²) >= 11 is 0. The number of hydrogen-bond donors (Lipinski definition) is 3. The lowest BCUT2D eigenvalue weighted by atomic mass is 9.82. The van der Waals surface area contributed by atoms with E-state index >= 15 is 0 Å². The number of aliphatic hydroxyl groups is 1. The van der Waals surface area contributed by atoms with Gasteiger partial charge in [0.2, 0.25) is 0 Å². The van der Waals surface area contributed by atoms with Crippen LogP contribution in [0.25, 0.3) is 0 Å². The van der Waals surface area contributed by atoms with E-state index in [1.165, 1.54) is 12.1 Å². The first-order chi connectivity index (χ1) is 11.1. The van der Waals surface area contributed by atoms with E-state index in [0.29, 0.717) is 5.92 Å². The van der Waals surface area contributed by atoms with Crippen molar-refractivity contribution in [3.8, 4) is 0 Å². The van der Waals surface area contributed by atoms with Crippen molar-refractivity contribution in [3.05, 3.63) is 35.6 Å². The molecular formula is C17H23FN2O3. The normalized spacial score (nSPS) is 28.0. The van der Waals surface area contributed by atoms with Crippen LogP contribution in [0.4, 0.5) is 9.18 Å². The molecule has 1 aromatic rings. The fourth-order valence-electron chi connectivity index (χ4n) is 3.62. The van der Waals surface area contributed by atoms with Gasteiger partial charge in [0.25, 0.3) is 0 Å². The number of rotatable bonds is 4. The molecule has 0 radical (unpaired) electrons. The molecule has 0 aromatic heterocycles. The number of benzene rings is 1. The van der Waals surface area contributed by atoms with Crippen LogP contribution in [0.3, 0.4) is 0 Å². The maximum atomic E-state index is 13.6. The fourth-order valence-corrected chi connectivity index (χ4v) is 3.62. The van der Waals surface area contributed by atoms with Crippen LogP contribution in [0.15, 0.2) is 24.3 Å². The van der Waals surface area contributed by atoms with E-state index in [9.17, 15) is 14.3 Å². The molecule has 0 bridgehead atoms. The van der Waals surface area contributed by atoms with E-state index in [1.54, 1.807) is 12.1 Å². The maximum Gasteiger partial charge on any atom is 0.315 e. The van der Waals surface area contributed by atoms with Crippen molar-refractivity contribution in [2.75, 3.05) is 13.2 Å². The Kier molecular flexibility index (Phi) is 5.13. The minimum Gasteiger partial charge on any atom is -0.386 e. The number of fused-ring (bicyclic) bond motifs is 1. The van der Waals surface area contributed by atoms with Gasteiger partial charge in [-0.3, -0.25) is 0 Å². The molecule has 1 saturated heterocycles. The van der Waals surface area contributed by atoms with Gasteiger partial charge in [-0.1, -0.05) is 18.2 Å². The summed E-state index contributed by atoms with van der Waals surface area (Å²) in [5.74, 6) is -0.0913. The van der Waals surface area contributed by atoms with Crippen molar-refractivity contribution in [3.63, 3.8) is 0 Å². The van der Waals surface area contributed by atoms with Crippen LogP contribution in [0.2, 0.25) is 0 Å². The molecule has 1 heterocycles. The zero-order valence-electron chi connectivity index (χ0n) is 13.0. The number of halogens is 1. The third-order valence-corrected chi connectivity index (χ3v) is 4.82. The molecule has 6 heteroatoms. The van der Waals surface area contributed by atoms with E-state index in [4.69, 9.17) is 4.74 Å². The second-order valence-corrected chi connectivity index (χ2v) is 6.29. The van der Waals surface area contributed by atoms with Crippen molar-refractivity contribution in [1.29, 1.82) is 0 Å². The van der Waals surface area contributed by atoms with Gasteiger partial charge in [-0.15, -0.1) is 0 Å². The number of ether oxygens (including phenoxy) is 1. The molecule has 4 atom stereocenters. The summed E-state index contributed by atoms with van der Waals surface area (Å²) in [4.78, 5) is 12.1. The summed E-state index contributed by atoms with van der Waals surface area (Å²) in [5.41, 5.74) is 0.190. The van der Waals surface area contributed by atoms with Crippen LogP contribution in [0.1, 0.15) is 37.4 Å². The number of carbonyl (C=O) groups is 1. The van der Waals surface area contributed by atoms with Gasteiger partial charge in [-0.2, -0.15) is 0 Å². The minimum atomic E-state index is -1.06. The smallest absolute Gasteiger partial charge is 0.315 e. The van der Waals surface area contributed by atoms with Crippen LogP contribution in [0, 0.1) is 11.7 Å². The lowest BCUT2D eigenvalue weighted by Crippen LogP contribution is -2.49. The predicted molar refractivity (Wildman–Crippen MR) is 83.4 cm³/mol. The van der Waals surface area contributed by atoms with E-state index in [0.717, 1.165) is 32.3 Å². The zero-order valence-corrected chi connectivity index (χ0v) is 13.0. The lowest BCUT2D eigenvalue weighted by molar-refractivity contribution is 0.0548. The van der Waals surface area contributed by atoms with Gasteiger partial charge in [-0.05, 0) is 31.7 Å². The van der Waals surface area contributed by atoms with E-state index < -0.39 is 11.9 Å². The number of amides is 2. The van der Waals surface area contributed by atoms with Gasteiger partial charge >= 0.3 is 6.03 Å². The Morgan fingerprint density at radius 2 is 2.17 bits per heavy atom. The van der Waals surface area contributed by atoms with E-state index in [-0.39, 0.29) is 30.3 Å². The maximum absolute atomic E-state index is 13.6. The quantitative estimate of drug-likeness (QED) is 0.795. The summed E-state index contributed by atoms with van der Waals surface area (Å²) in [7, 11) is 0. The SMILES string of the molecule is O=C(NCC(O)c1ccccc1F)NC1CCCC2OCCC12. The zero-order chi connectivity index (χ0) is 16.2. The first-order valence-electron chi connectivity index (χ1n) is 8.23. The van der Waals surface area contributed by atoms with Gasteiger partial charge in [0, 0.05) is 30.7 Å². The second kappa shape index (κ2) is 7.27. The minimum absolute atomic E-state index is 0.0237. The average molecular weight is 322 g/mol. The van der Waals surface area contributed by atoms with Crippen molar-refractivity contribution in [1.82, 2.24) is 10.6 Å². The number of carbonyl (C=O) groups excluding carboxylic acids is 1. The molecule has 23 heavy (non-hydrogen) atoms. The van der Waals surface area contributed by atoms with Gasteiger partial charge < -0.3 is 20.5 Å². The standard InChI is InChI=1S/C17H23FN2O3/c18-13-5-2-1-4-11(13)15(21)10-19-17(22)20-14-6-3-7-16-12(14)8-9-23-16/h1-2,4-5,12,14-16,21H,3,6-10H2,(H2,19,20,22). The molecule has 1 aromatic carbocycles. The van der Waals surface area contributed by atoms with E-state index in [1.807, 2.05) is 0 Å². The Morgan fingerprint density at radius 3 is 3.00 bits per heavy atom. The molecule has 2 amide bonds. The Bertz CT molecular complexity index is 554. The summed E-state index contributed by atoms with van der Waals surface area (Å²) in [6.45, 7) is 0.741. The van der Waals surface area contributed by atoms with Gasteiger partial charge in [-0.25, -0.2) is 9.18 Å². The fraction of sp³-hybridized carbons (Fsp3) is 0.588. The van der Waals surface area contributed by atoms with Gasteiger partial charge in [0.15, 0.2) is 0 Å². The largest absolute Gasteiger partial charge is 0.386 e. The Balaban J connectivity index is 1.49. The molecule has 4 unspecified atom stereocenters. The highest BCUT2D eigenvalue weighted by Gasteiger charge is 2.38. The van der Waals surface area contributed by atoms with Crippen LogP contribution in [-0.4, -0.2) is 36.4 Å². The van der Waals surface area contributed by atoms with Crippen LogP contribution in [-0.2, 0) is 4.74 Å². The highest BCUT2D eigenvalue weighted by atomic mass is 19.1. The molecule has 1 aliphatic carbocycles. The molecule has 1 saturated carbocycles. The van der Waals surface area contributed by atoms with Crippen LogP contribution >= 0.6 is 0 Å². The van der Waals surface area contributed by atoms with Crippen LogP contribution in [0.5, 0.6) is 0 Å². The number of aliphatic hydroxyl groups excluding tert-OH is 1. The topological polar surface area (TPSA) is 70.6 Å². The van der Waals surface area contributed by atoms with Crippen molar-refractivity contribution in [2.24, 2.45) is 5.92 Å². The third kappa shape index (κ3) is 3.82. The van der Waals surface area contributed by atoms with E-state index in [2.05, 4.69) is 10.6 Å². The monoisotopic (exact) mass is 322 g/mol. The Hall–Kier alpha value is -1.66. The first-order valence-corrected chi connectivity index (χ1v) is 8.23. The molecular weight excluding hydrogens is 299 g/mol. The van der Waals surface area contributed by atoms with Crippen molar-refractivity contribution in [2.45, 2.75) is 43.9 Å². The number of urea groups is 1.